The van der Waals surface area contributed by atoms with Crippen LogP contribution in [0.25, 0.3) is 0 Å². The molecule has 0 spiro atoms. The van der Waals surface area contributed by atoms with Crippen molar-refractivity contribution >= 4 is 22.4 Å². The molecule has 0 radical (unpaired) electrons. The summed E-state index contributed by atoms with van der Waals surface area (Å²) in [4.78, 5) is 10.1. The summed E-state index contributed by atoms with van der Waals surface area (Å²) >= 11 is 0. The number of phenols is 2. The molecule has 94 valence electrons. The quantitative estimate of drug-likeness (QED) is 0.479. The van der Waals surface area contributed by atoms with E-state index in [0.717, 1.165) is 16.4 Å². The number of benzene rings is 1. The van der Waals surface area contributed by atoms with Crippen LogP contribution in [0.5, 0.6) is 11.5 Å². The molecule has 7 nitrogen and oxygen atoms in total. The Balaban J connectivity index is 3.51. The van der Waals surface area contributed by atoms with Gasteiger partial charge in [0.2, 0.25) is 0 Å². The van der Waals surface area contributed by atoms with Crippen LogP contribution in [0, 0.1) is 10.1 Å². The van der Waals surface area contributed by atoms with E-state index in [-0.39, 0.29) is 12.2 Å². The molecule has 0 heterocycles. The highest BCUT2D eigenvalue weighted by Crippen LogP contribution is 2.43. The molecule has 0 bridgehead atoms. The molecule has 8 heteroatoms. The Labute approximate surface area is 100 Å². The summed E-state index contributed by atoms with van der Waals surface area (Å²) in [6.07, 6.45) is 1.33. The third-order valence-electron chi connectivity index (χ3n) is 2.15. The van der Waals surface area contributed by atoms with Gasteiger partial charge >= 0.3 is 0 Å². The lowest BCUT2D eigenvalue weighted by molar-refractivity contribution is -0.384. The van der Waals surface area contributed by atoms with E-state index in [4.69, 9.17) is 0 Å². The van der Waals surface area contributed by atoms with Crippen molar-refractivity contribution in [3.63, 3.8) is 0 Å². The fourth-order valence-electron chi connectivity index (χ4n) is 1.42. The fourth-order valence-corrected chi connectivity index (χ4v) is 2.22. The van der Waals surface area contributed by atoms with Gasteiger partial charge in [-0.2, -0.15) is 0 Å². The molecular formula is C9H12N2O5S. The molecule has 1 unspecified atom stereocenters. The Morgan fingerprint density at radius 3 is 2.47 bits per heavy atom. The Hall–Kier alpha value is -1.83. The average molecular weight is 260 g/mol. The minimum absolute atomic E-state index is 0.195. The van der Waals surface area contributed by atoms with Gasteiger partial charge in [0.05, 0.1) is 4.92 Å². The predicted molar refractivity (Wildman–Crippen MR) is 63.5 cm³/mol. The predicted octanol–water partition coefficient (Wildman–Crippen LogP) is 1.13. The maximum atomic E-state index is 11.4. The van der Waals surface area contributed by atoms with E-state index in [0.29, 0.717) is 0 Å². The highest BCUT2D eigenvalue weighted by molar-refractivity contribution is 7.85. The Bertz CT molecular complexity index is 477. The first-order valence-electron chi connectivity index (χ1n) is 4.70. The van der Waals surface area contributed by atoms with E-state index >= 15 is 0 Å². The lowest BCUT2D eigenvalue weighted by Gasteiger charge is -2.20. The normalized spacial score (nSPS) is 12.1. The number of aromatic hydroxyl groups is 2. The number of nitrogens with zero attached hydrogens (tertiary/aromatic N) is 2. The molecule has 0 amide bonds. The van der Waals surface area contributed by atoms with Gasteiger partial charge in [-0.1, -0.05) is 0 Å². The van der Waals surface area contributed by atoms with Crippen molar-refractivity contribution in [2.24, 2.45) is 0 Å². The van der Waals surface area contributed by atoms with Gasteiger partial charge in [0, 0.05) is 18.9 Å². The summed E-state index contributed by atoms with van der Waals surface area (Å²) in [6.45, 7) is 1.83. The summed E-state index contributed by atoms with van der Waals surface area (Å²) in [5.41, 5.74) is -0.643. The molecule has 2 N–H and O–H groups in total. The molecule has 0 aliphatic heterocycles. The Kier molecular flexibility index (Phi) is 3.89. The van der Waals surface area contributed by atoms with Gasteiger partial charge in [-0.05, 0) is 13.0 Å². The van der Waals surface area contributed by atoms with E-state index in [9.17, 15) is 24.5 Å². The van der Waals surface area contributed by atoms with Crippen molar-refractivity contribution < 1.29 is 19.3 Å². The van der Waals surface area contributed by atoms with E-state index < -0.39 is 33.1 Å². The zero-order valence-corrected chi connectivity index (χ0v) is 10.1. The summed E-state index contributed by atoms with van der Waals surface area (Å²) in [6, 6.07) is 2.07. The van der Waals surface area contributed by atoms with Crippen LogP contribution < -0.4 is 4.31 Å². The van der Waals surface area contributed by atoms with Crippen LogP contribution in [0.1, 0.15) is 6.92 Å². The Morgan fingerprint density at radius 1 is 1.47 bits per heavy atom. The zero-order valence-electron chi connectivity index (χ0n) is 9.28. The zero-order chi connectivity index (χ0) is 13.2. The maximum absolute atomic E-state index is 11.4. The van der Waals surface area contributed by atoms with Crippen LogP contribution in [-0.4, -0.2) is 32.1 Å². The van der Waals surface area contributed by atoms with Crippen molar-refractivity contribution in [2.75, 3.05) is 17.1 Å². The van der Waals surface area contributed by atoms with Crippen LogP contribution >= 0.6 is 0 Å². The minimum Gasteiger partial charge on any atom is -0.504 e. The van der Waals surface area contributed by atoms with Crippen molar-refractivity contribution in [3.05, 3.63) is 22.2 Å². The van der Waals surface area contributed by atoms with Crippen molar-refractivity contribution in [2.45, 2.75) is 6.92 Å². The first kappa shape index (κ1) is 13.2. The molecule has 0 saturated carbocycles. The second kappa shape index (κ2) is 5.00. The van der Waals surface area contributed by atoms with Gasteiger partial charge in [-0.3, -0.25) is 14.4 Å². The molecule has 1 aromatic rings. The summed E-state index contributed by atoms with van der Waals surface area (Å²) in [7, 11) is -1.54. The molecule has 0 saturated heterocycles. The van der Waals surface area contributed by atoms with Crippen LogP contribution in [0.4, 0.5) is 11.4 Å². The highest BCUT2D eigenvalue weighted by atomic mass is 32.2. The number of phenolic OH excluding ortho intramolecular Hbond substituents is 2. The first-order chi connectivity index (χ1) is 7.90. The average Bonchev–Trinajstić information content (AvgIpc) is 2.24. The molecule has 0 aliphatic rings. The SMILES string of the molecule is CCN(c1c([N+](=O)[O-])ccc(O)c1O)S(C)=O. The van der Waals surface area contributed by atoms with Crippen LogP contribution in [0.3, 0.4) is 0 Å². The number of nitro benzene ring substituents is 1. The first-order valence-corrected chi connectivity index (χ1v) is 6.22. The van der Waals surface area contributed by atoms with Gasteiger partial charge in [0.15, 0.2) is 17.2 Å². The number of hydrogen-bond donors (Lipinski definition) is 2. The fraction of sp³-hybridized carbons (Fsp3) is 0.333. The smallest absolute Gasteiger partial charge is 0.297 e. The van der Waals surface area contributed by atoms with Crippen molar-refractivity contribution in [3.8, 4) is 11.5 Å². The number of rotatable bonds is 4. The number of nitro groups is 1. The van der Waals surface area contributed by atoms with Gasteiger partial charge in [-0.25, -0.2) is 4.21 Å². The van der Waals surface area contributed by atoms with Gasteiger partial charge in [0.25, 0.3) is 5.69 Å². The van der Waals surface area contributed by atoms with Crippen LogP contribution in [0.15, 0.2) is 12.1 Å². The van der Waals surface area contributed by atoms with Crippen LogP contribution in [0.2, 0.25) is 0 Å². The largest absolute Gasteiger partial charge is 0.504 e. The molecule has 1 atom stereocenters. The lowest BCUT2D eigenvalue weighted by Crippen LogP contribution is -2.25. The molecule has 1 aromatic carbocycles. The monoisotopic (exact) mass is 260 g/mol. The molecule has 0 fully saturated rings. The minimum atomic E-state index is -1.54. The highest BCUT2D eigenvalue weighted by Gasteiger charge is 2.26. The van der Waals surface area contributed by atoms with Gasteiger partial charge < -0.3 is 10.2 Å². The number of anilines is 1. The van der Waals surface area contributed by atoms with E-state index in [1.807, 2.05) is 0 Å². The molecule has 0 aromatic heterocycles. The standard InChI is InChI=1S/C9H12N2O5S/c1-3-10(17(2)16)8-6(11(14)15)4-5-7(12)9(8)13/h4-5,12-13H,3H2,1-2H3. The molecule has 1 rings (SSSR count). The van der Waals surface area contributed by atoms with Crippen LogP contribution in [-0.2, 0) is 11.0 Å². The summed E-state index contributed by atoms with van der Waals surface area (Å²) in [5.74, 6) is -1.13. The third kappa shape index (κ3) is 2.47. The summed E-state index contributed by atoms with van der Waals surface area (Å²) < 4.78 is 12.6. The van der Waals surface area contributed by atoms with E-state index in [1.54, 1.807) is 6.92 Å². The topological polar surface area (TPSA) is 104 Å². The summed E-state index contributed by atoms with van der Waals surface area (Å²) in [5, 5.41) is 29.8. The van der Waals surface area contributed by atoms with E-state index in [2.05, 4.69) is 0 Å². The van der Waals surface area contributed by atoms with Gasteiger partial charge in [0.1, 0.15) is 11.0 Å². The maximum Gasteiger partial charge on any atom is 0.297 e. The Morgan fingerprint density at radius 2 is 2.06 bits per heavy atom. The third-order valence-corrected chi connectivity index (χ3v) is 3.21. The van der Waals surface area contributed by atoms with Gasteiger partial charge in [-0.15, -0.1) is 0 Å². The van der Waals surface area contributed by atoms with Crippen molar-refractivity contribution in [1.82, 2.24) is 0 Å². The van der Waals surface area contributed by atoms with Crippen molar-refractivity contribution in [1.29, 1.82) is 0 Å². The molecule has 17 heavy (non-hydrogen) atoms. The second-order valence-corrected chi connectivity index (χ2v) is 4.46. The number of hydrogen-bond acceptors (Lipinski definition) is 5. The molecule has 0 aliphatic carbocycles. The lowest BCUT2D eigenvalue weighted by atomic mass is 10.2. The molecular weight excluding hydrogens is 248 g/mol. The van der Waals surface area contributed by atoms with E-state index in [1.165, 1.54) is 6.26 Å². The second-order valence-electron chi connectivity index (χ2n) is 3.18.